The van der Waals surface area contributed by atoms with Crippen molar-refractivity contribution in [2.45, 2.75) is 31.6 Å². The first-order valence-electron chi connectivity index (χ1n) is 9.43. The van der Waals surface area contributed by atoms with Crippen LogP contribution in [0.3, 0.4) is 0 Å². The highest BCUT2D eigenvalue weighted by Gasteiger charge is 2.33. The molecule has 12 heteroatoms. The number of carbonyl (C=O) groups is 3. The maximum atomic E-state index is 12.8. The van der Waals surface area contributed by atoms with Crippen molar-refractivity contribution in [2.75, 3.05) is 6.54 Å². The molecule has 3 rings (SSSR count). The Morgan fingerprint density at radius 2 is 1.45 bits per heavy atom. The van der Waals surface area contributed by atoms with E-state index in [-0.39, 0.29) is 17.7 Å². The maximum absolute atomic E-state index is 12.8. The Morgan fingerprint density at radius 3 is 1.97 bits per heavy atom. The van der Waals surface area contributed by atoms with Crippen LogP contribution in [0.2, 0.25) is 0 Å². The molecule has 33 heavy (non-hydrogen) atoms. The average molecular weight is 477 g/mol. The summed E-state index contributed by atoms with van der Waals surface area (Å²) in [5.74, 6) is -0.634. The molecule has 0 atom stereocenters. The highest BCUT2D eigenvalue weighted by atomic mass is 19.4. The molecule has 180 valence electrons. The van der Waals surface area contributed by atoms with Crippen LogP contribution >= 0.6 is 0 Å². The van der Waals surface area contributed by atoms with Gasteiger partial charge in [0.25, 0.3) is 5.91 Å². The molecule has 1 aliphatic carbocycles. The molecule has 6 nitrogen and oxygen atoms in total. The van der Waals surface area contributed by atoms with E-state index in [4.69, 9.17) is 9.59 Å². The molecule has 1 amide bonds. The first kappa shape index (κ1) is 27.7. The minimum atomic E-state index is -4.57. The van der Waals surface area contributed by atoms with Crippen molar-refractivity contribution in [1.29, 1.82) is 0 Å². The number of nitrogens with one attached hydrogen (secondary N) is 1. The van der Waals surface area contributed by atoms with E-state index in [1.54, 1.807) is 6.07 Å². The molecule has 2 aromatic rings. The van der Waals surface area contributed by atoms with Gasteiger partial charge >= 0.3 is 12.4 Å². The summed E-state index contributed by atoms with van der Waals surface area (Å²) in [4.78, 5) is 34.8. The van der Waals surface area contributed by atoms with E-state index in [1.807, 2.05) is 13.6 Å². The van der Waals surface area contributed by atoms with Gasteiger partial charge < -0.3 is 14.9 Å². The van der Waals surface area contributed by atoms with E-state index >= 15 is 0 Å². The van der Waals surface area contributed by atoms with E-state index in [0.717, 1.165) is 25.0 Å². The van der Waals surface area contributed by atoms with Gasteiger partial charge in [-0.3, -0.25) is 4.79 Å². The zero-order valence-corrected chi connectivity index (χ0v) is 17.2. The Hall–Kier alpha value is -3.31. The number of carbonyl (C=O) groups excluding carboxylic acids is 3. The molecular formula is C21H21F6N3O3. The van der Waals surface area contributed by atoms with Crippen LogP contribution in [0.1, 0.15) is 40.2 Å². The lowest BCUT2D eigenvalue weighted by atomic mass is 9.72. The van der Waals surface area contributed by atoms with E-state index in [0.29, 0.717) is 30.9 Å². The molecule has 0 bridgehead atoms. The molecule has 0 radical (unpaired) electrons. The summed E-state index contributed by atoms with van der Waals surface area (Å²) in [7, 11) is 0. The van der Waals surface area contributed by atoms with Crippen LogP contribution < -0.4 is 5.32 Å². The second-order valence-corrected chi connectivity index (χ2v) is 7.11. The summed E-state index contributed by atoms with van der Waals surface area (Å²) < 4.78 is 75.7. The maximum Gasteiger partial charge on any atom is 0.419 e. The van der Waals surface area contributed by atoms with Crippen LogP contribution in [0.5, 0.6) is 0 Å². The van der Waals surface area contributed by atoms with Gasteiger partial charge in [0.15, 0.2) is 0 Å². The summed E-state index contributed by atoms with van der Waals surface area (Å²) in [6.45, 7) is 4.31. The van der Waals surface area contributed by atoms with Gasteiger partial charge in [-0.05, 0) is 42.7 Å². The third kappa shape index (κ3) is 8.28. The first-order chi connectivity index (χ1) is 15.5. The third-order valence-corrected chi connectivity index (χ3v) is 4.85. The molecule has 0 unspecified atom stereocenters. The molecule has 1 saturated carbocycles. The zero-order chi connectivity index (χ0) is 25.2. The number of halogens is 6. The fraction of sp³-hybridized carbons (Fsp3) is 0.381. The fourth-order valence-corrected chi connectivity index (χ4v) is 3.32. The number of aromatic nitrogens is 2. The predicted octanol–water partition coefficient (Wildman–Crippen LogP) is 4.14. The smallest absolute Gasteiger partial charge is 0.349 e. The van der Waals surface area contributed by atoms with Crippen molar-refractivity contribution in [3.05, 3.63) is 59.2 Å². The number of nitrogens with zero attached hydrogens (tertiary/aromatic N) is 2. The Morgan fingerprint density at radius 1 is 0.909 bits per heavy atom. The summed E-state index contributed by atoms with van der Waals surface area (Å²) in [5.41, 5.74) is -1.09. The van der Waals surface area contributed by atoms with Gasteiger partial charge in [-0.15, -0.1) is 0 Å². The number of benzene rings is 1. The average Bonchev–Trinajstić information content (AvgIpc) is 2.77. The van der Waals surface area contributed by atoms with Gasteiger partial charge in [-0.2, -0.15) is 26.3 Å². The second-order valence-electron chi connectivity index (χ2n) is 7.11. The topological polar surface area (TPSA) is 89.0 Å². The molecule has 0 aliphatic heterocycles. The van der Waals surface area contributed by atoms with Crippen LogP contribution in [-0.4, -0.2) is 36.0 Å². The summed E-state index contributed by atoms with van der Waals surface area (Å²) >= 11 is 0. The third-order valence-electron chi connectivity index (χ3n) is 4.85. The summed E-state index contributed by atoms with van der Waals surface area (Å²) in [6, 6.07) is 5.23. The molecular weight excluding hydrogens is 456 g/mol. The lowest BCUT2D eigenvalue weighted by molar-refractivity contribution is -0.138. The van der Waals surface area contributed by atoms with E-state index in [9.17, 15) is 31.1 Å². The van der Waals surface area contributed by atoms with Gasteiger partial charge in [-0.25, -0.2) is 9.97 Å². The van der Waals surface area contributed by atoms with Gasteiger partial charge in [0.05, 0.1) is 11.1 Å². The molecule has 0 saturated heterocycles. The number of hydrogen-bond acceptors (Lipinski definition) is 5. The monoisotopic (exact) mass is 477 g/mol. The predicted molar refractivity (Wildman–Crippen MR) is 105 cm³/mol. The summed E-state index contributed by atoms with van der Waals surface area (Å²) in [5, 5.41) is 2.58. The molecule has 1 aliphatic rings. The highest BCUT2D eigenvalue weighted by Crippen LogP contribution is 2.37. The van der Waals surface area contributed by atoms with Crippen LogP contribution in [-0.2, 0) is 28.4 Å². The van der Waals surface area contributed by atoms with Crippen molar-refractivity contribution in [3.63, 3.8) is 0 Å². The van der Waals surface area contributed by atoms with Gasteiger partial charge in [0.2, 0.25) is 5.82 Å². The van der Waals surface area contributed by atoms with Crippen LogP contribution in [0.4, 0.5) is 26.3 Å². The minimum absolute atomic E-state index is 0.157. The van der Waals surface area contributed by atoms with Crippen molar-refractivity contribution in [3.8, 4) is 0 Å². The van der Waals surface area contributed by atoms with Crippen molar-refractivity contribution >= 4 is 19.5 Å². The van der Waals surface area contributed by atoms with Crippen LogP contribution in [0.15, 0.2) is 36.7 Å². The van der Waals surface area contributed by atoms with E-state index in [2.05, 4.69) is 15.3 Å². The lowest BCUT2D eigenvalue weighted by Crippen LogP contribution is -2.37. The van der Waals surface area contributed by atoms with E-state index < -0.39 is 29.4 Å². The van der Waals surface area contributed by atoms with Gasteiger partial charge in [0, 0.05) is 18.9 Å². The second kappa shape index (κ2) is 12.1. The number of rotatable bonds is 5. The molecule has 0 spiro atoms. The molecule has 1 aromatic heterocycles. The van der Waals surface area contributed by atoms with Gasteiger partial charge in [0.1, 0.15) is 13.6 Å². The first-order valence-corrected chi connectivity index (χ1v) is 9.43. The van der Waals surface area contributed by atoms with Crippen LogP contribution in [0, 0.1) is 11.8 Å². The SMILES string of the molecule is C=O.C=O.O=C(NCC1CC(Cc2cccc(C(F)(F)F)c2)C1)c1ncc(C(F)(F)F)cn1. The van der Waals surface area contributed by atoms with Crippen molar-refractivity contribution in [1.82, 2.24) is 15.3 Å². The standard InChI is InChI=1S/C19H17F6N3O.2CH2O/c20-18(21,22)14-3-1-2-11(7-14)4-12-5-13(6-12)8-28-17(29)16-26-9-15(10-27-16)19(23,24)25;2*1-2/h1-3,7,9-10,12-13H,4-6,8H2,(H,28,29);2*1H2. The number of hydrogen-bond donors (Lipinski definition) is 1. The minimum Gasteiger partial charge on any atom is -0.349 e. The highest BCUT2D eigenvalue weighted by molar-refractivity contribution is 5.90. The Balaban J connectivity index is 0.00000129. The molecule has 1 aromatic carbocycles. The Labute approximate surface area is 185 Å². The van der Waals surface area contributed by atoms with Crippen molar-refractivity contribution in [2.24, 2.45) is 11.8 Å². The van der Waals surface area contributed by atoms with Gasteiger partial charge in [-0.1, -0.05) is 18.2 Å². The number of alkyl halides is 6. The fourth-order valence-electron chi connectivity index (χ4n) is 3.32. The molecule has 1 fully saturated rings. The zero-order valence-electron chi connectivity index (χ0n) is 17.2. The number of amides is 1. The molecule has 1 heterocycles. The normalized spacial score (nSPS) is 17.4. The summed E-state index contributed by atoms with van der Waals surface area (Å²) in [6.07, 6.45) is -5.84. The lowest BCUT2D eigenvalue weighted by Gasteiger charge is -2.35. The molecule has 1 N–H and O–H groups in total. The quantitative estimate of drug-likeness (QED) is 0.654. The van der Waals surface area contributed by atoms with Crippen molar-refractivity contribution < 1.29 is 40.7 Å². The largest absolute Gasteiger partial charge is 0.419 e. The van der Waals surface area contributed by atoms with E-state index in [1.165, 1.54) is 6.07 Å². The Kier molecular flexibility index (Phi) is 10.1. The Bertz CT molecular complexity index is 895. The van der Waals surface area contributed by atoms with Crippen LogP contribution in [0.25, 0.3) is 0 Å².